The molecule has 0 bridgehead atoms. The summed E-state index contributed by atoms with van der Waals surface area (Å²) < 4.78 is 35.0. The maximum atomic E-state index is 15.9. The van der Waals surface area contributed by atoms with E-state index in [1.54, 1.807) is 23.2 Å². The third kappa shape index (κ3) is 4.52. The van der Waals surface area contributed by atoms with Gasteiger partial charge in [0, 0.05) is 37.0 Å². The van der Waals surface area contributed by atoms with Gasteiger partial charge in [0.1, 0.15) is 23.3 Å². The third-order valence-electron chi connectivity index (χ3n) is 5.75. The molecule has 1 aromatic carbocycles. The molecule has 1 saturated heterocycles. The van der Waals surface area contributed by atoms with Crippen molar-refractivity contribution in [3.05, 3.63) is 52.9 Å². The number of imidazole rings is 1. The van der Waals surface area contributed by atoms with Gasteiger partial charge in [-0.2, -0.15) is 0 Å². The number of fused-ring (bicyclic) bond motifs is 1. The van der Waals surface area contributed by atoms with E-state index < -0.39 is 23.5 Å². The zero-order valence-corrected chi connectivity index (χ0v) is 19.6. The highest BCUT2D eigenvalue weighted by molar-refractivity contribution is 5.69. The van der Waals surface area contributed by atoms with Crippen molar-refractivity contribution in [1.29, 1.82) is 0 Å². The summed E-state index contributed by atoms with van der Waals surface area (Å²) in [6.45, 7) is 12.5. The van der Waals surface area contributed by atoms with Crippen molar-refractivity contribution in [2.75, 3.05) is 13.2 Å². The first-order valence-corrected chi connectivity index (χ1v) is 11.1. The quantitative estimate of drug-likeness (QED) is 0.702. The normalized spacial score (nSPS) is 22.7. The van der Waals surface area contributed by atoms with Crippen molar-refractivity contribution >= 4 is 6.09 Å². The first-order chi connectivity index (χ1) is 15.0. The molecule has 2 atom stereocenters. The van der Waals surface area contributed by atoms with Crippen LogP contribution in [0.25, 0.3) is 0 Å². The molecule has 1 amide bonds. The minimum atomic E-state index is -0.676. The summed E-state index contributed by atoms with van der Waals surface area (Å²) in [5, 5.41) is 0. The van der Waals surface area contributed by atoms with E-state index in [4.69, 9.17) is 14.2 Å². The molecule has 7 nitrogen and oxygen atoms in total. The average molecular weight is 446 g/mol. The highest BCUT2D eigenvalue weighted by Crippen LogP contribution is 2.36. The summed E-state index contributed by atoms with van der Waals surface area (Å²) in [7, 11) is 0. The molecule has 32 heavy (non-hydrogen) atoms. The standard InChI is InChI=1S/C24H32FN3O4/c1-15-13-26-21-20(28(11-10-27(15)21)22(29)32-23(2,3)4)18-9-7-8-16(19(18)25)12-17-14-30-24(5,6)31-17/h7-9,13,17,20H,10-12,14H2,1-6H3. The van der Waals surface area contributed by atoms with Crippen LogP contribution < -0.4 is 0 Å². The van der Waals surface area contributed by atoms with Crippen molar-refractivity contribution in [3.8, 4) is 0 Å². The van der Waals surface area contributed by atoms with Gasteiger partial charge in [0.05, 0.1) is 12.7 Å². The van der Waals surface area contributed by atoms with E-state index >= 15 is 4.39 Å². The van der Waals surface area contributed by atoms with Crippen LogP contribution in [0.1, 0.15) is 63.3 Å². The zero-order chi connectivity index (χ0) is 23.3. The van der Waals surface area contributed by atoms with E-state index in [1.807, 2.05) is 52.2 Å². The Bertz CT molecular complexity index is 1010. The lowest BCUT2D eigenvalue weighted by Gasteiger charge is -2.37. The third-order valence-corrected chi connectivity index (χ3v) is 5.75. The summed E-state index contributed by atoms with van der Waals surface area (Å²) in [6.07, 6.45) is 1.44. The molecule has 8 heteroatoms. The molecule has 3 heterocycles. The van der Waals surface area contributed by atoms with Crippen LogP contribution in [0, 0.1) is 12.7 Å². The fraction of sp³-hybridized carbons (Fsp3) is 0.583. The number of amides is 1. The van der Waals surface area contributed by atoms with Crippen LogP contribution in [0.5, 0.6) is 0 Å². The van der Waals surface area contributed by atoms with E-state index in [-0.39, 0.29) is 11.9 Å². The van der Waals surface area contributed by atoms with Crippen LogP contribution >= 0.6 is 0 Å². The predicted octanol–water partition coefficient (Wildman–Crippen LogP) is 4.36. The Labute approximate surface area is 188 Å². The second-order valence-corrected chi connectivity index (χ2v) is 9.96. The Balaban J connectivity index is 1.70. The van der Waals surface area contributed by atoms with Crippen molar-refractivity contribution in [3.63, 3.8) is 0 Å². The number of rotatable bonds is 3. The van der Waals surface area contributed by atoms with Crippen molar-refractivity contribution < 1.29 is 23.4 Å². The van der Waals surface area contributed by atoms with Gasteiger partial charge < -0.3 is 18.8 Å². The summed E-state index contributed by atoms with van der Waals surface area (Å²) >= 11 is 0. The molecule has 0 saturated carbocycles. The maximum Gasteiger partial charge on any atom is 0.411 e. The van der Waals surface area contributed by atoms with Crippen LogP contribution in [0.3, 0.4) is 0 Å². The van der Waals surface area contributed by atoms with Crippen LogP contribution in [0.4, 0.5) is 9.18 Å². The monoisotopic (exact) mass is 445 g/mol. The lowest BCUT2D eigenvalue weighted by atomic mass is 9.97. The van der Waals surface area contributed by atoms with E-state index in [2.05, 4.69) is 4.98 Å². The van der Waals surface area contributed by atoms with Crippen LogP contribution in [-0.4, -0.2) is 51.2 Å². The molecule has 2 unspecified atom stereocenters. The van der Waals surface area contributed by atoms with E-state index in [1.165, 1.54) is 0 Å². The molecule has 174 valence electrons. The molecule has 2 aliphatic heterocycles. The van der Waals surface area contributed by atoms with Gasteiger partial charge in [0.25, 0.3) is 0 Å². The van der Waals surface area contributed by atoms with Crippen LogP contribution in [0.15, 0.2) is 24.4 Å². The van der Waals surface area contributed by atoms with Gasteiger partial charge in [0.15, 0.2) is 5.79 Å². The Hall–Kier alpha value is -2.45. The Kier molecular flexibility index (Phi) is 5.79. The molecule has 0 radical (unpaired) electrons. The highest BCUT2D eigenvalue weighted by atomic mass is 19.1. The number of benzene rings is 1. The maximum absolute atomic E-state index is 15.9. The van der Waals surface area contributed by atoms with Crippen molar-refractivity contribution in [1.82, 2.24) is 14.5 Å². The lowest BCUT2D eigenvalue weighted by molar-refractivity contribution is -0.138. The summed E-state index contributed by atoms with van der Waals surface area (Å²) in [4.78, 5) is 19.2. The molecular formula is C24H32FN3O4. The van der Waals surface area contributed by atoms with Crippen molar-refractivity contribution in [2.45, 2.75) is 78.0 Å². The number of ether oxygens (including phenoxy) is 3. The molecule has 0 N–H and O–H groups in total. The SMILES string of the molecule is Cc1cnc2n1CCN(C(=O)OC(C)(C)C)C2c1cccc(CC2COC(C)(C)O2)c1F. The Morgan fingerprint density at radius 1 is 1.31 bits per heavy atom. The first kappa shape index (κ1) is 22.7. The summed E-state index contributed by atoms with van der Waals surface area (Å²) in [5.41, 5.74) is 1.25. The minimum Gasteiger partial charge on any atom is -0.444 e. The van der Waals surface area contributed by atoms with Gasteiger partial charge in [-0.1, -0.05) is 18.2 Å². The molecule has 1 fully saturated rings. The first-order valence-electron chi connectivity index (χ1n) is 11.1. The number of hydrogen-bond acceptors (Lipinski definition) is 5. The molecule has 2 aliphatic rings. The van der Waals surface area contributed by atoms with E-state index in [0.717, 1.165) is 5.69 Å². The number of hydrogen-bond donors (Lipinski definition) is 0. The number of aromatic nitrogens is 2. The van der Waals surface area contributed by atoms with Crippen LogP contribution in [-0.2, 0) is 27.2 Å². The Morgan fingerprint density at radius 2 is 2.06 bits per heavy atom. The van der Waals surface area contributed by atoms with Gasteiger partial charge in [0.2, 0.25) is 0 Å². The predicted molar refractivity (Wildman–Crippen MR) is 117 cm³/mol. The molecule has 2 aromatic rings. The molecule has 0 spiro atoms. The molecular weight excluding hydrogens is 413 g/mol. The topological polar surface area (TPSA) is 65.8 Å². The van der Waals surface area contributed by atoms with Crippen LogP contribution in [0.2, 0.25) is 0 Å². The van der Waals surface area contributed by atoms with E-state index in [9.17, 15) is 4.79 Å². The summed E-state index contributed by atoms with van der Waals surface area (Å²) in [5.74, 6) is -0.386. The largest absolute Gasteiger partial charge is 0.444 e. The van der Waals surface area contributed by atoms with Gasteiger partial charge in [-0.25, -0.2) is 14.2 Å². The average Bonchev–Trinajstić information content (AvgIpc) is 3.23. The smallest absolute Gasteiger partial charge is 0.411 e. The number of carbonyl (C=O) groups excluding carboxylic acids is 1. The van der Waals surface area contributed by atoms with Gasteiger partial charge in [-0.3, -0.25) is 4.90 Å². The number of nitrogens with zero attached hydrogens (tertiary/aromatic N) is 3. The fourth-order valence-electron chi connectivity index (χ4n) is 4.37. The highest BCUT2D eigenvalue weighted by Gasteiger charge is 2.39. The fourth-order valence-corrected chi connectivity index (χ4v) is 4.37. The molecule has 4 rings (SSSR count). The van der Waals surface area contributed by atoms with Gasteiger partial charge >= 0.3 is 6.09 Å². The zero-order valence-electron chi connectivity index (χ0n) is 19.6. The van der Waals surface area contributed by atoms with Crippen molar-refractivity contribution in [2.24, 2.45) is 0 Å². The summed E-state index contributed by atoms with van der Waals surface area (Å²) in [6, 6.07) is 4.61. The second kappa shape index (κ2) is 8.15. The number of halogens is 1. The van der Waals surface area contributed by atoms with Gasteiger partial charge in [-0.05, 0) is 47.1 Å². The minimum absolute atomic E-state index is 0.229. The lowest BCUT2D eigenvalue weighted by Crippen LogP contribution is -2.45. The second-order valence-electron chi connectivity index (χ2n) is 9.96. The van der Waals surface area contributed by atoms with E-state index in [0.29, 0.717) is 43.1 Å². The Morgan fingerprint density at radius 3 is 2.72 bits per heavy atom. The number of aryl methyl sites for hydroxylation is 1. The molecule has 0 aliphatic carbocycles. The van der Waals surface area contributed by atoms with Gasteiger partial charge in [-0.15, -0.1) is 0 Å². The molecule has 1 aromatic heterocycles. The number of carbonyl (C=O) groups is 1.